The van der Waals surface area contributed by atoms with E-state index in [-0.39, 0.29) is 5.91 Å². The molecule has 6 nitrogen and oxygen atoms in total. The van der Waals surface area contributed by atoms with E-state index in [0.717, 1.165) is 27.8 Å². The van der Waals surface area contributed by atoms with Crippen LogP contribution in [0.2, 0.25) is 5.02 Å². The summed E-state index contributed by atoms with van der Waals surface area (Å²) in [4.78, 5) is 19.2. The van der Waals surface area contributed by atoms with E-state index in [1.807, 2.05) is 59.5 Å². The van der Waals surface area contributed by atoms with E-state index in [2.05, 4.69) is 15.2 Å². The number of hydrogen-bond acceptors (Lipinski definition) is 4. The fourth-order valence-corrected chi connectivity index (χ4v) is 3.93. The number of carbonyl (C=O) groups is 1. The van der Waals surface area contributed by atoms with Gasteiger partial charge in [0.15, 0.2) is 5.65 Å². The highest BCUT2D eigenvalue weighted by Gasteiger charge is 2.19. The van der Waals surface area contributed by atoms with E-state index in [1.54, 1.807) is 6.20 Å². The molecule has 1 N–H and O–H groups in total. The molecular weight excluding hydrogens is 400 g/mol. The van der Waals surface area contributed by atoms with Gasteiger partial charge in [-0.05, 0) is 29.8 Å². The molecule has 1 amide bonds. The minimum Gasteiger partial charge on any atom is -0.378 e. The fraction of sp³-hybridized carbons (Fsp3) is 0.174. The third kappa shape index (κ3) is 3.44. The van der Waals surface area contributed by atoms with Crippen LogP contribution in [-0.2, 0) is 4.74 Å². The Kier molecular flexibility index (Phi) is 4.94. The summed E-state index contributed by atoms with van der Waals surface area (Å²) in [5.41, 5.74) is 4.79. The topological polar surface area (TPSA) is 71.1 Å². The zero-order chi connectivity index (χ0) is 20.5. The van der Waals surface area contributed by atoms with Crippen molar-refractivity contribution in [2.24, 2.45) is 0 Å². The number of benzene rings is 2. The maximum absolute atomic E-state index is 12.9. The molecule has 0 spiro atoms. The Morgan fingerprint density at radius 3 is 2.70 bits per heavy atom. The van der Waals surface area contributed by atoms with Gasteiger partial charge in [0.05, 0.1) is 18.2 Å². The van der Waals surface area contributed by atoms with Crippen molar-refractivity contribution in [1.82, 2.24) is 20.1 Å². The minimum absolute atomic E-state index is 0.0225. The van der Waals surface area contributed by atoms with Crippen LogP contribution in [0, 0.1) is 0 Å². The van der Waals surface area contributed by atoms with Crippen LogP contribution in [0.4, 0.5) is 0 Å². The number of aromatic amines is 1. The van der Waals surface area contributed by atoms with E-state index in [0.29, 0.717) is 42.5 Å². The highest BCUT2D eigenvalue weighted by Crippen LogP contribution is 2.33. The van der Waals surface area contributed by atoms with Crippen molar-refractivity contribution in [3.05, 3.63) is 71.4 Å². The number of pyridine rings is 1. The number of nitrogens with one attached hydrogen (secondary N) is 1. The molecule has 2 aromatic heterocycles. The van der Waals surface area contributed by atoms with Crippen molar-refractivity contribution in [3.8, 4) is 22.4 Å². The average molecular weight is 419 g/mol. The van der Waals surface area contributed by atoms with Crippen LogP contribution in [0.25, 0.3) is 33.4 Å². The van der Waals surface area contributed by atoms with Gasteiger partial charge in [-0.2, -0.15) is 5.10 Å². The highest BCUT2D eigenvalue weighted by atomic mass is 35.5. The minimum atomic E-state index is 0.0225. The second-order valence-electron chi connectivity index (χ2n) is 7.16. The maximum atomic E-state index is 12.9. The Labute approximate surface area is 178 Å². The molecule has 0 unspecified atom stereocenters. The van der Waals surface area contributed by atoms with Crippen LogP contribution < -0.4 is 0 Å². The van der Waals surface area contributed by atoms with Gasteiger partial charge in [0.2, 0.25) is 0 Å². The van der Waals surface area contributed by atoms with Crippen molar-refractivity contribution in [1.29, 1.82) is 0 Å². The van der Waals surface area contributed by atoms with E-state index in [9.17, 15) is 4.79 Å². The first-order valence-corrected chi connectivity index (χ1v) is 10.1. The molecule has 7 heteroatoms. The van der Waals surface area contributed by atoms with Crippen molar-refractivity contribution in [3.63, 3.8) is 0 Å². The van der Waals surface area contributed by atoms with E-state index < -0.39 is 0 Å². The molecule has 3 heterocycles. The van der Waals surface area contributed by atoms with Gasteiger partial charge in [0.25, 0.3) is 5.91 Å². The summed E-state index contributed by atoms with van der Waals surface area (Å²) in [5, 5.41) is 8.91. The van der Waals surface area contributed by atoms with Gasteiger partial charge >= 0.3 is 0 Å². The number of morpholine rings is 1. The second kappa shape index (κ2) is 7.89. The first-order chi connectivity index (χ1) is 14.7. The van der Waals surface area contributed by atoms with Gasteiger partial charge in [-0.25, -0.2) is 4.98 Å². The van der Waals surface area contributed by atoms with Gasteiger partial charge in [0, 0.05) is 41.4 Å². The third-order valence-corrected chi connectivity index (χ3v) is 5.62. The summed E-state index contributed by atoms with van der Waals surface area (Å²) in [7, 11) is 0. The third-order valence-electron chi connectivity index (χ3n) is 5.29. The van der Waals surface area contributed by atoms with Crippen molar-refractivity contribution >= 4 is 28.5 Å². The molecule has 30 heavy (non-hydrogen) atoms. The molecule has 0 atom stereocenters. The van der Waals surface area contributed by atoms with Crippen LogP contribution in [0.15, 0.2) is 60.8 Å². The normalized spacial score (nSPS) is 14.2. The van der Waals surface area contributed by atoms with Gasteiger partial charge in [-0.15, -0.1) is 0 Å². The predicted molar refractivity (Wildman–Crippen MR) is 116 cm³/mol. The Hall–Kier alpha value is -3.22. The summed E-state index contributed by atoms with van der Waals surface area (Å²) in [6.45, 7) is 2.40. The maximum Gasteiger partial charge on any atom is 0.254 e. The van der Waals surface area contributed by atoms with Crippen molar-refractivity contribution in [2.45, 2.75) is 0 Å². The zero-order valence-electron chi connectivity index (χ0n) is 16.1. The first-order valence-electron chi connectivity index (χ1n) is 9.77. The van der Waals surface area contributed by atoms with Gasteiger partial charge in [0.1, 0.15) is 5.69 Å². The molecule has 1 aliphatic heterocycles. The molecule has 150 valence electrons. The highest BCUT2D eigenvalue weighted by molar-refractivity contribution is 6.33. The molecule has 0 bridgehead atoms. The average Bonchev–Trinajstić information content (AvgIpc) is 3.22. The number of fused-ring (bicyclic) bond motifs is 1. The summed E-state index contributed by atoms with van der Waals surface area (Å²) in [6, 6.07) is 17.3. The summed E-state index contributed by atoms with van der Waals surface area (Å²) < 4.78 is 5.35. The van der Waals surface area contributed by atoms with E-state index in [1.165, 1.54) is 0 Å². The molecule has 0 saturated carbocycles. The lowest BCUT2D eigenvalue weighted by atomic mass is 10.0. The number of ether oxygens (including phenoxy) is 1. The first kappa shape index (κ1) is 18.8. The monoisotopic (exact) mass is 418 g/mol. The SMILES string of the molecule is O=C(c1cccc(-c2cnc3[nH]nc(-c4ccccc4Cl)c3c2)c1)N1CCOCC1. The largest absolute Gasteiger partial charge is 0.378 e. The Morgan fingerprint density at radius 2 is 1.87 bits per heavy atom. The Bertz CT molecular complexity index is 1230. The van der Waals surface area contributed by atoms with Crippen LogP contribution in [0.1, 0.15) is 10.4 Å². The fourth-order valence-electron chi connectivity index (χ4n) is 3.70. The van der Waals surface area contributed by atoms with Crippen LogP contribution in [0.5, 0.6) is 0 Å². The number of carbonyl (C=O) groups excluding carboxylic acids is 1. The smallest absolute Gasteiger partial charge is 0.254 e. The lowest BCUT2D eigenvalue weighted by molar-refractivity contribution is 0.0303. The zero-order valence-corrected chi connectivity index (χ0v) is 16.9. The molecule has 1 saturated heterocycles. The standard InChI is InChI=1S/C23H19ClN4O2/c24-20-7-2-1-6-18(20)21-19-13-17(14-25-22(19)27-26-21)15-4-3-5-16(12-15)23(29)28-8-10-30-11-9-28/h1-7,12-14H,8-11H2,(H,25,26,27). The number of halogens is 1. The van der Waals surface area contributed by atoms with E-state index >= 15 is 0 Å². The molecule has 4 aromatic rings. The second-order valence-corrected chi connectivity index (χ2v) is 7.56. The Balaban J connectivity index is 1.53. The molecule has 0 aliphatic carbocycles. The molecule has 2 aromatic carbocycles. The molecule has 1 aliphatic rings. The molecular formula is C23H19ClN4O2. The van der Waals surface area contributed by atoms with Gasteiger partial charge < -0.3 is 9.64 Å². The number of rotatable bonds is 3. The number of hydrogen-bond donors (Lipinski definition) is 1. The molecule has 0 radical (unpaired) electrons. The van der Waals surface area contributed by atoms with E-state index in [4.69, 9.17) is 16.3 Å². The summed E-state index contributed by atoms with van der Waals surface area (Å²) in [6.07, 6.45) is 1.79. The van der Waals surface area contributed by atoms with Gasteiger partial charge in [-0.3, -0.25) is 9.89 Å². The Morgan fingerprint density at radius 1 is 1.03 bits per heavy atom. The summed E-state index contributed by atoms with van der Waals surface area (Å²) in [5.74, 6) is 0.0225. The lowest BCUT2D eigenvalue weighted by Crippen LogP contribution is -2.40. The number of H-pyrrole nitrogens is 1. The van der Waals surface area contributed by atoms with Crippen molar-refractivity contribution < 1.29 is 9.53 Å². The summed E-state index contributed by atoms with van der Waals surface area (Å²) >= 11 is 6.38. The lowest BCUT2D eigenvalue weighted by Gasteiger charge is -2.27. The van der Waals surface area contributed by atoms with Crippen LogP contribution in [-0.4, -0.2) is 52.3 Å². The van der Waals surface area contributed by atoms with Crippen LogP contribution >= 0.6 is 11.6 Å². The number of nitrogens with zero attached hydrogens (tertiary/aromatic N) is 3. The quantitative estimate of drug-likeness (QED) is 0.534. The predicted octanol–water partition coefficient (Wildman–Crippen LogP) is 4.42. The number of amides is 1. The number of aromatic nitrogens is 3. The molecule has 5 rings (SSSR count). The van der Waals surface area contributed by atoms with Gasteiger partial charge in [-0.1, -0.05) is 41.9 Å². The molecule has 1 fully saturated rings. The van der Waals surface area contributed by atoms with Crippen molar-refractivity contribution in [2.75, 3.05) is 26.3 Å². The van der Waals surface area contributed by atoms with Crippen LogP contribution in [0.3, 0.4) is 0 Å².